The zero-order chi connectivity index (χ0) is 10.8. The summed E-state index contributed by atoms with van der Waals surface area (Å²) in [6, 6.07) is 5.24. The van der Waals surface area contributed by atoms with Gasteiger partial charge in [-0.3, -0.25) is 0 Å². The number of aromatic nitrogens is 4. The molecule has 7 heteroatoms. The third kappa shape index (κ3) is 1.99. The van der Waals surface area contributed by atoms with Crippen LogP contribution in [0.5, 0.6) is 11.8 Å². The number of tetrazole rings is 1. The fourth-order valence-corrected chi connectivity index (χ4v) is 1.15. The van der Waals surface area contributed by atoms with Gasteiger partial charge in [-0.15, -0.1) is 0 Å². The smallest absolute Gasteiger partial charge is 0.340 e. The molecular weight excluding hydrogens is 218 g/mol. The van der Waals surface area contributed by atoms with E-state index in [9.17, 15) is 0 Å². The lowest BCUT2D eigenvalue weighted by atomic mass is 10.3. The fraction of sp³-hybridized carbons (Fsp3) is 0.125. The van der Waals surface area contributed by atoms with Gasteiger partial charge in [0.05, 0.1) is 10.7 Å². The average molecular weight is 226 g/mol. The molecule has 0 aliphatic rings. The minimum Gasteiger partial charge on any atom is -0.423 e. The Morgan fingerprint density at radius 1 is 1.47 bits per heavy atom. The van der Waals surface area contributed by atoms with Crippen LogP contribution in [0.4, 0.5) is 5.69 Å². The Hall–Kier alpha value is -1.82. The van der Waals surface area contributed by atoms with Gasteiger partial charge in [0, 0.05) is 13.1 Å². The van der Waals surface area contributed by atoms with Crippen LogP contribution in [-0.2, 0) is 7.05 Å². The lowest BCUT2D eigenvalue weighted by molar-refractivity contribution is 0.415. The average Bonchev–Trinajstić information content (AvgIpc) is 2.59. The maximum atomic E-state index is 5.83. The summed E-state index contributed by atoms with van der Waals surface area (Å²) in [5.74, 6) is 0.534. The van der Waals surface area contributed by atoms with Gasteiger partial charge in [0.25, 0.3) is 0 Å². The topological polar surface area (TPSA) is 78.8 Å². The number of benzene rings is 1. The van der Waals surface area contributed by atoms with Crippen molar-refractivity contribution in [3.05, 3.63) is 23.2 Å². The maximum absolute atomic E-state index is 5.83. The van der Waals surface area contributed by atoms with Crippen LogP contribution in [0.25, 0.3) is 0 Å². The number of nitrogen functional groups attached to an aromatic ring is 1. The lowest BCUT2D eigenvalue weighted by Gasteiger charge is -2.04. The third-order valence-electron chi connectivity index (χ3n) is 1.76. The van der Waals surface area contributed by atoms with Gasteiger partial charge in [0.15, 0.2) is 0 Å². The van der Waals surface area contributed by atoms with E-state index in [2.05, 4.69) is 15.5 Å². The Balaban J connectivity index is 2.25. The molecule has 6 nitrogen and oxygen atoms in total. The molecule has 0 saturated carbocycles. The molecule has 0 atom stereocenters. The van der Waals surface area contributed by atoms with E-state index in [1.54, 1.807) is 25.2 Å². The minimum atomic E-state index is 0.288. The molecule has 0 bridgehead atoms. The second kappa shape index (κ2) is 3.74. The number of hydrogen-bond donors (Lipinski definition) is 1. The second-order valence-electron chi connectivity index (χ2n) is 2.87. The highest BCUT2D eigenvalue weighted by atomic mass is 35.5. The monoisotopic (exact) mass is 225 g/mol. The first-order chi connectivity index (χ1) is 7.16. The molecule has 2 rings (SSSR count). The Morgan fingerprint density at radius 3 is 2.87 bits per heavy atom. The molecule has 2 aromatic rings. The van der Waals surface area contributed by atoms with Gasteiger partial charge < -0.3 is 10.5 Å². The molecule has 2 N–H and O–H groups in total. The van der Waals surface area contributed by atoms with Crippen molar-refractivity contribution in [3.63, 3.8) is 0 Å². The van der Waals surface area contributed by atoms with Gasteiger partial charge in [0.1, 0.15) is 5.75 Å². The molecule has 0 aliphatic carbocycles. The molecule has 0 fully saturated rings. The van der Waals surface area contributed by atoms with E-state index in [0.29, 0.717) is 16.5 Å². The van der Waals surface area contributed by atoms with Gasteiger partial charge in [-0.25, -0.2) is 0 Å². The molecule has 1 aromatic carbocycles. The third-order valence-corrected chi connectivity index (χ3v) is 2.09. The Morgan fingerprint density at radius 2 is 2.27 bits per heavy atom. The van der Waals surface area contributed by atoms with E-state index in [4.69, 9.17) is 22.1 Å². The van der Waals surface area contributed by atoms with Crippen LogP contribution in [-0.4, -0.2) is 20.2 Å². The second-order valence-corrected chi connectivity index (χ2v) is 3.28. The molecule has 0 spiro atoms. The molecule has 1 heterocycles. The van der Waals surface area contributed by atoms with Gasteiger partial charge >= 0.3 is 6.01 Å². The number of anilines is 1. The maximum Gasteiger partial charge on any atom is 0.340 e. The predicted octanol–water partition coefficient (Wildman–Crippen LogP) is 1.24. The standard InChI is InChI=1S/C8H8ClN5O/c1-14-8(11-12-13-14)15-5-2-3-7(10)6(9)4-5/h2-4H,10H2,1H3. The Labute approximate surface area is 90.6 Å². The molecule has 0 unspecified atom stereocenters. The van der Waals surface area contributed by atoms with E-state index < -0.39 is 0 Å². The number of nitrogens with zero attached hydrogens (tertiary/aromatic N) is 4. The molecule has 15 heavy (non-hydrogen) atoms. The number of nitrogens with two attached hydrogens (primary N) is 1. The summed E-state index contributed by atoms with van der Waals surface area (Å²) in [4.78, 5) is 0. The summed E-state index contributed by atoms with van der Waals surface area (Å²) < 4.78 is 6.78. The van der Waals surface area contributed by atoms with Crippen molar-refractivity contribution >= 4 is 17.3 Å². The summed E-state index contributed by atoms with van der Waals surface area (Å²) in [5.41, 5.74) is 6.06. The van der Waals surface area contributed by atoms with Gasteiger partial charge in [-0.1, -0.05) is 16.7 Å². The van der Waals surface area contributed by atoms with Crippen LogP contribution < -0.4 is 10.5 Å². The van der Waals surface area contributed by atoms with Crippen molar-refractivity contribution in [2.75, 3.05) is 5.73 Å². The Bertz CT molecular complexity index is 484. The summed E-state index contributed by atoms with van der Waals surface area (Å²) >= 11 is 5.83. The van der Waals surface area contributed by atoms with E-state index in [1.807, 2.05) is 0 Å². The molecular formula is C8H8ClN5O. The fourth-order valence-electron chi connectivity index (χ4n) is 0.984. The first kappa shape index (κ1) is 9.72. The summed E-state index contributed by atoms with van der Waals surface area (Å²) in [5, 5.41) is 11.2. The van der Waals surface area contributed by atoms with Crippen LogP contribution in [0, 0.1) is 0 Å². The highest BCUT2D eigenvalue weighted by Gasteiger charge is 2.06. The van der Waals surface area contributed by atoms with Crippen LogP contribution in [0.1, 0.15) is 0 Å². The summed E-state index contributed by atoms with van der Waals surface area (Å²) in [6.45, 7) is 0. The van der Waals surface area contributed by atoms with Crippen molar-refractivity contribution in [3.8, 4) is 11.8 Å². The van der Waals surface area contributed by atoms with Crippen molar-refractivity contribution in [1.82, 2.24) is 20.2 Å². The largest absolute Gasteiger partial charge is 0.423 e. The van der Waals surface area contributed by atoms with E-state index in [1.165, 1.54) is 4.68 Å². The molecule has 0 aliphatic heterocycles. The first-order valence-corrected chi connectivity index (χ1v) is 4.50. The minimum absolute atomic E-state index is 0.288. The molecule has 0 saturated heterocycles. The number of ether oxygens (including phenoxy) is 1. The van der Waals surface area contributed by atoms with Crippen LogP contribution >= 0.6 is 11.6 Å². The summed E-state index contributed by atoms with van der Waals surface area (Å²) in [7, 11) is 1.67. The summed E-state index contributed by atoms with van der Waals surface area (Å²) in [6.07, 6.45) is 0. The quantitative estimate of drug-likeness (QED) is 0.778. The number of halogens is 1. The highest BCUT2D eigenvalue weighted by Crippen LogP contribution is 2.26. The van der Waals surface area contributed by atoms with E-state index >= 15 is 0 Å². The van der Waals surface area contributed by atoms with Gasteiger partial charge in [-0.2, -0.15) is 4.68 Å². The van der Waals surface area contributed by atoms with E-state index in [0.717, 1.165) is 0 Å². The van der Waals surface area contributed by atoms with Crippen molar-refractivity contribution in [2.24, 2.45) is 7.05 Å². The normalized spacial score (nSPS) is 10.3. The predicted molar refractivity (Wildman–Crippen MR) is 54.7 cm³/mol. The number of rotatable bonds is 2. The van der Waals surface area contributed by atoms with Crippen molar-refractivity contribution in [2.45, 2.75) is 0 Å². The zero-order valence-corrected chi connectivity index (χ0v) is 8.64. The van der Waals surface area contributed by atoms with Crippen LogP contribution in [0.3, 0.4) is 0 Å². The van der Waals surface area contributed by atoms with Crippen molar-refractivity contribution < 1.29 is 4.74 Å². The zero-order valence-electron chi connectivity index (χ0n) is 7.88. The Kier molecular flexibility index (Phi) is 2.42. The lowest BCUT2D eigenvalue weighted by Crippen LogP contribution is -1.96. The molecule has 78 valence electrons. The molecule has 1 aromatic heterocycles. The molecule has 0 radical (unpaired) electrons. The van der Waals surface area contributed by atoms with Crippen LogP contribution in [0.15, 0.2) is 18.2 Å². The molecule has 0 amide bonds. The van der Waals surface area contributed by atoms with E-state index in [-0.39, 0.29) is 6.01 Å². The number of hydrogen-bond acceptors (Lipinski definition) is 5. The van der Waals surface area contributed by atoms with Gasteiger partial charge in [0.2, 0.25) is 0 Å². The SMILES string of the molecule is Cn1nnnc1Oc1ccc(N)c(Cl)c1. The number of aryl methyl sites for hydroxylation is 1. The van der Waals surface area contributed by atoms with Gasteiger partial charge in [-0.05, 0) is 22.6 Å². The van der Waals surface area contributed by atoms with Crippen molar-refractivity contribution in [1.29, 1.82) is 0 Å². The van der Waals surface area contributed by atoms with Crippen LogP contribution in [0.2, 0.25) is 5.02 Å². The highest BCUT2D eigenvalue weighted by molar-refractivity contribution is 6.33. The first-order valence-electron chi connectivity index (χ1n) is 4.12.